The minimum atomic E-state index is -2.00. The van der Waals surface area contributed by atoms with Crippen molar-refractivity contribution in [2.45, 2.75) is 24.3 Å². The smallest absolute Gasteiger partial charge is 0.211 e. The molecule has 3 unspecified atom stereocenters. The molecule has 1 heterocycles. The molecule has 0 radical (unpaired) electrons. The highest BCUT2D eigenvalue weighted by Crippen LogP contribution is 2.51. The van der Waals surface area contributed by atoms with Crippen molar-refractivity contribution in [3.63, 3.8) is 0 Å². The van der Waals surface area contributed by atoms with Crippen LogP contribution >= 0.6 is 0 Å². The Balaban J connectivity index is 2.31. The van der Waals surface area contributed by atoms with Gasteiger partial charge in [-0.1, -0.05) is 0 Å². The molecule has 1 amide bonds. The van der Waals surface area contributed by atoms with Crippen LogP contribution in [0.3, 0.4) is 0 Å². The van der Waals surface area contributed by atoms with Crippen LogP contribution in [0.25, 0.3) is 0 Å². The van der Waals surface area contributed by atoms with Crippen LogP contribution < -0.4 is 0 Å². The summed E-state index contributed by atoms with van der Waals surface area (Å²) < 4.78 is 0. The van der Waals surface area contributed by atoms with E-state index in [2.05, 4.69) is 0 Å². The first-order valence-corrected chi connectivity index (χ1v) is 3.70. The van der Waals surface area contributed by atoms with Crippen LogP contribution in [0, 0.1) is 17.2 Å². The fraction of sp³-hybridized carbons (Fsp3) is 0.714. The number of hydrogen-bond donors (Lipinski definition) is 2. The first-order chi connectivity index (χ1) is 5.62. The van der Waals surface area contributed by atoms with Crippen LogP contribution in [0.5, 0.6) is 0 Å². The van der Waals surface area contributed by atoms with Crippen molar-refractivity contribution < 1.29 is 15.0 Å². The molecule has 0 aromatic heterocycles. The normalized spacial score (nSPS) is 41.8. The van der Waals surface area contributed by atoms with Crippen molar-refractivity contribution in [3.05, 3.63) is 0 Å². The molecule has 1 saturated heterocycles. The Kier molecular flexibility index (Phi) is 1.24. The average molecular weight is 168 g/mol. The molecule has 64 valence electrons. The fourth-order valence-electron chi connectivity index (χ4n) is 1.88. The number of piperidine rings is 1. The van der Waals surface area contributed by atoms with Crippen molar-refractivity contribution in [3.8, 4) is 6.07 Å². The van der Waals surface area contributed by atoms with Gasteiger partial charge in [-0.05, 0) is 6.42 Å². The second-order valence-electron chi connectivity index (χ2n) is 3.28. The number of rotatable bonds is 1. The van der Waals surface area contributed by atoms with Crippen LogP contribution in [0.1, 0.15) is 6.42 Å². The minimum absolute atomic E-state index is 0.137. The van der Waals surface area contributed by atoms with E-state index in [-0.39, 0.29) is 12.0 Å². The molecule has 2 N–H and O–H groups in total. The third-order valence-electron chi connectivity index (χ3n) is 2.63. The van der Waals surface area contributed by atoms with Gasteiger partial charge in [0.15, 0.2) is 6.04 Å². The molecule has 3 atom stereocenters. The predicted molar refractivity (Wildman–Crippen MR) is 36.4 cm³/mol. The van der Waals surface area contributed by atoms with Gasteiger partial charge in [0.1, 0.15) is 0 Å². The van der Waals surface area contributed by atoms with E-state index in [4.69, 9.17) is 5.26 Å². The van der Waals surface area contributed by atoms with E-state index in [1.807, 2.05) is 0 Å². The van der Waals surface area contributed by atoms with Crippen LogP contribution in [-0.4, -0.2) is 39.4 Å². The quantitative estimate of drug-likeness (QED) is 0.365. The maximum atomic E-state index is 10.5. The standard InChI is InChI=1S/C7H8N2O3/c8-2-6-7(11,12)4-1-5(4)9(6)3-10/h3-6,11-12H,1H2. The molecule has 2 fully saturated rings. The third kappa shape index (κ3) is 0.661. The molecule has 0 spiro atoms. The zero-order chi connectivity index (χ0) is 8.93. The molecule has 12 heavy (non-hydrogen) atoms. The lowest BCUT2D eigenvalue weighted by atomic mass is 10.1. The van der Waals surface area contributed by atoms with Gasteiger partial charge < -0.3 is 15.1 Å². The Morgan fingerprint density at radius 3 is 2.75 bits per heavy atom. The van der Waals surface area contributed by atoms with Gasteiger partial charge >= 0.3 is 0 Å². The summed E-state index contributed by atoms with van der Waals surface area (Å²) in [5, 5.41) is 27.4. The van der Waals surface area contributed by atoms with E-state index < -0.39 is 11.8 Å². The Bertz CT molecular complexity index is 270. The number of aliphatic hydroxyl groups is 2. The summed E-state index contributed by atoms with van der Waals surface area (Å²) in [6.07, 6.45) is 1.09. The number of carbonyl (C=O) groups is 1. The van der Waals surface area contributed by atoms with Crippen LogP contribution in [0.15, 0.2) is 0 Å². The third-order valence-corrected chi connectivity index (χ3v) is 2.63. The summed E-state index contributed by atoms with van der Waals surface area (Å²) in [6, 6.07) is 0.475. The molecule has 0 aromatic carbocycles. The van der Waals surface area contributed by atoms with Gasteiger partial charge in [-0.2, -0.15) is 5.26 Å². The largest absolute Gasteiger partial charge is 0.363 e. The molecule has 0 bridgehead atoms. The predicted octanol–water partition coefficient (Wildman–Crippen LogP) is -1.58. The first-order valence-electron chi connectivity index (χ1n) is 3.70. The van der Waals surface area contributed by atoms with Crippen molar-refractivity contribution in [2.24, 2.45) is 5.92 Å². The Hall–Kier alpha value is -1.12. The minimum Gasteiger partial charge on any atom is -0.363 e. The number of nitriles is 1. The zero-order valence-electron chi connectivity index (χ0n) is 6.21. The van der Waals surface area contributed by atoms with E-state index in [1.54, 1.807) is 6.07 Å². The molecule has 2 aliphatic rings. The number of nitrogens with zero attached hydrogens (tertiary/aromatic N) is 2. The van der Waals surface area contributed by atoms with Gasteiger partial charge in [0.05, 0.1) is 6.07 Å². The number of fused-ring (bicyclic) bond motifs is 1. The average Bonchev–Trinajstić information content (AvgIpc) is 2.74. The van der Waals surface area contributed by atoms with Crippen LogP contribution in [0.4, 0.5) is 0 Å². The van der Waals surface area contributed by atoms with E-state index >= 15 is 0 Å². The summed E-state index contributed by atoms with van der Waals surface area (Å²) in [6.45, 7) is 0. The maximum Gasteiger partial charge on any atom is 0.211 e. The van der Waals surface area contributed by atoms with E-state index in [0.717, 1.165) is 0 Å². The highest BCUT2D eigenvalue weighted by atomic mass is 16.5. The van der Waals surface area contributed by atoms with Crippen molar-refractivity contribution in [2.75, 3.05) is 0 Å². The second kappa shape index (κ2) is 1.97. The van der Waals surface area contributed by atoms with Gasteiger partial charge in [0.25, 0.3) is 0 Å². The number of hydrogen-bond acceptors (Lipinski definition) is 4. The summed E-state index contributed by atoms with van der Waals surface area (Å²) >= 11 is 0. The van der Waals surface area contributed by atoms with Gasteiger partial charge in [-0.15, -0.1) is 0 Å². The monoisotopic (exact) mass is 168 g/mol. The lowest BCUT2D eigenvalue weighted by Gasteiger charge is -2.25. The van der Waals surface area contributed by atoms with Crippen molar-refractivity contribution in [1.29, 1.82) is 5.26 Å². The zero-order valence-corrected chi connectivity index (χ0v) is 6.21. The number of amides is 1. The SMILES string of the molecule is N#CC1N(C=O)C2CC2C1(O)O. The van der Waals surface area contributed by atoms with E-state index in [9.17, 15) is 15.0 Å². The lowest BCUT2D eigenvalue weighted by Crippen LogP contribution is -2.47. The molecule has 5 heteroatoms. The fourth-order valence-corrected chi connectivity index (χ4v) is 1.88. The van der Waals surface area contributed by atoms with E-state index in [0.29, 0.717) is 12.8 Å². The molecule has 5 nitrogen and oxygen atoms in total. The number of likely N-dealkylation sites (tertiary alicyclic amines) is 1. The molecule has 2 rings (SSSR count). The van der Waals surface area contributed by atoms with Gasteiger partial charge in [-0.3, -0.25) is 4.79 Å². The maximum absolute atomic E-state index is 10.5. The summed E-state index contributed by atoms with van der Waals surface area (Å²) in [4.78, 5) is 11.6. The molecular weight excluding hydrogens is 160 g/mol. The topological polar surface area (TPSA) is 84.6 Å². The Morgan fingerprint density at radius 2 is 2.33 bits per heavy atom. The van der Waals surface area contributed by atoms with Crippen molar-refractivity contribution >= 4 is 6.41 Å². The highest BCUT2D eigenvalue weighted by molar-refractivity contribution is 5.53. The summed E-state index contributed by atoms with van der Waals surface area (Å²) in [5.41, 5.74) is 0. The lowest BCUT2D eigenvalue weighted by molar-refractivity contribution is -0.184. The summed E-state index contributed by atoms with van der Waals surface area (Å²) in [5.74, 6) is -2.33. The number of carbonyl (C=O) groups excluding carboxylic acids is 1. The molecule has 1 aliphatic carbocycles. The molecule has 1 aliphatic heterocycles. The second-order valence-corrected chi connectivity index (χ2v) is 3.28. The first kappa shape index (κ1) is 7.53. The van der Waals surface area contributed by atoms with Crippen molar-refractivity contribution in [1.82, 2.24) is 4.90 Å². The Labute approximate surface area is 68.8 Å². The summed E-state index contributed by atoms with van der Waals surface area (Å²) in [7, 11) is 0. The molecule has 1 saturated carbocycles. The van der Waals surface area contributed by atoms with Crippen LogP contribution in [-0.2, 0) is 4.79 Å². The van der Waals surface area contributed by atoms with Gasteiger partial charge in [0.2, 0.25) is 12.2 Å². The molecular formula is C7H8N2O3. The highest BCUT2D eigenvalue weighted by Gasteiger charge is 2.67. The Morgan fingerprint density at radius 1 is 1.67 bits per heavy atom. The van der Waals surface area contributed by atoms with Gasteiger partial charge in [0, 0.05) is 12.0 Å². The molecule has 0 aromatic rings. The van der Waals surface area contributed by atoms with E-state index in [1.165, 1.54) is 4.90 Å². The van der Waals surface area contributed by atoms with Gasteiger partial charge in [-0.25, -0.2) is 0 Å². The van der Waals surface area contributed by atoms with Crippen LogP contribution in [0.2, 0.25) is 0 Å².